The number of benzene rings is 1. The summed E-state index contributed by atoms with van der Waals surface area (Å²) in [4.78, 5) is 28.1. The molecule has 1 aromatic carbocycles. The number of amides is 2. The number of rotatable bonds is 11. The van der Waals surface area contributed by atoms with Gasteiger partial charge in [0.05, 0.1) is 34.3 Å². The molecule has 1 saturated carbocycles. The normalized spacial score (nSPS) is 16.8. The average Bonchev–Trinajstić information content (AvgIpc) is 3.59. The molecule has 1 aromatic heterocycles. The lowest BCUT2D eigenvalue weighted by Crippen LogP contribution is -2.52. The van der Waals surface area contributed by atoms with Gasteiger partial charge in [0.2, 0.25) is 0 Å². The van der Waals surface area contributed by atoms with Crippen molar-refractivity contribution in [3.63, 3.8) is 0 Å². The highest BCUT2D eigenvalue weighted by Gasteiger charge is 2.61. The van der Waals surface area contributed by atoms with Crippen molar-refractivity contribution >= 4 is 21.7 Å². The van der Waals surface area contributed by atoms with E-state index in [4.69, 9.17) is 15.7 Å². The molecule has 216 valence electrons. The van der Waals surface area contributed by atoms with Gasteiger partial charge >= 0.3 is 0 Å². The SMILES string of the molecule is Cn1nc(C(=O)NCc2ccc(C#N)cc2)c2c1C(=O)N(CC1(S(=O)(=O)C(C)(C)COCC(C)(C)N)CC1)CC2. The second-order valence-corrected chi connectivity index (χ2v) is 15.2. The summed E-state index contributed by atoms with van der Waals surface area (Å²) in [6, 6.07) is 8.95. The third-order valence-corrected chi connectivity index (χ3v) is 10.8. The number of fused-ring (bicyclic) bond motifs is 1. The molecular formula is C28H38N6O5S. The zero-order chi connectivity index (χ0) is 29.5. The molecule has 1 aliphatic heterocycles. The number of nitrogens with one attached hydrogen (secondary N) is 1. The van der Waals surface area contributed by atoms with Crippen LogP contribution in [0.5, 0.6) is 0 Å². The van der Waals surface area contributed by atoms with Crippen molar-refractivity contribution in [3.8, 4) is 6.07 Å². The fourth-order valence-corrected chi connectivity index (χ4v) is 7.47. The first-order valence-corrected chi connectivity index (χ1v) is 14.8. The number of hydrogen-bond acceptors (Lipinski definition) is 8. The van der Waals surface area contributed by atoms with Crippen LogP contribution in [0.3, 0.4) is 0 Å². The largest absolute Gasteiger partial charge is 0.378 e. The van der Waals surface area contributed by atoms with Gasteiger partial charge in [-0.15, -0.1) is 0 Å². The predicted molar refractivity (Wildman–Crippen MR) is 149 cm³/mol. The summed E-state index contributed by atoms with van der Waals surface area (Å²) < 4.78 is 32.5. The van der Waals surface area contributed by atoms with Crippen LogP contribution >= 0.6 is 0 Å². The Morgan fingerprint density at radius 1 is 1.20 bits per heavy atom. The topological polar surface area (TPSA) is 160 Å². The fourth-order valence-electron chi connectivity index (χ4n) is 5.09. The minimum absolute atomic E-state index is 0.0124. The van der Waals surface area contributed by atoms with Crippen LogP contribution in [0.1, 0.15) is 78.2 Å². The Morgan fingerprint density at radius 2 is 1.85 bits per heavy atom. The molecule has 2 amide bonds. The molecule has 1 aliphatic carbocycles. The van der Waals surface area contributed by atoms with Gasteiger partial charge in [0.15, 0.2) is 15.5 Å². The monoisotopic (exact) mass is 570 g/mol. The van der Waals surface area contributed by atoms with Gasteiger partial charge in [-0.2, -0.15) is 10.4 Å². The minimum Gasteiger partial charge on any atom is -0.378 e. The third kappa shape index (κ3) is 5.77. The summed E-state index contributed by atoms with van der Waals surface area (Å²) in [7, 11) is -2.05. The first-order valence-electron chi connectivity index (χ1n) is 13.3. The van der Waals surface area contributed by atoms with Crippen molar-refractivity contribution in [3.05, 3.63) is 52.3 Å². The number of carbonyl (C=O) groups excluding carboxylic acids is 2. The van der Waals surface area contributed by atoms with Gasteiger partial charge in [0.1, 0.15) is 5.69 Å². The minimum atomic E-state index is -3.67. The number of ether oxygens (including phenoxy) is 1. The molecule has 2 aliphatic rings. The number of nitrogens with two attached hydrogens (primary N) is 1. The van der Waals surface area contributed by atoms with Gasteiger partial charge < -0.3 is 20.7 Å². The molecule has 0 spiro atoms. The van der Waals surface area contributed by atoms with Crippen molar-refractivity contribution in [1.82, 2.24) is 20.0 Å². The van der Waals surface area contributed by atoms with Gasteiger partial charge in [-0.1, -0.05) is 12.1 Å². The second-order valence-electron chi connectivity index (χ2n) is 12.2. The number of carbonyl (C=O) groups is 2. The van der Waals surface area contributed by atoms with Crippen LogP contribution in [-0.2, 0) is 34.6 Å². The number of nitriles is 1. The Hall–Kier alpha value is -3.27. The van der Waals surface area contributed by atoms with Crippen molar-refractivity contribution in [2.24, 2.45) is 12.8 Å². The highest BCUT2D eigenvalue weighted by Crippen LogP contribution is 2.49. The number of aromatic nitrogens is 2. The molecule has 3 N–H and O–H groups in total. The van der Waals surface area contributed by atoms with Crippen molar-refractivity contribution in [2.75, 3.05) is 26.3 Å². The lowest BCUT2D eigenvalue weighted by Gasteiger charge is -2.35. The van der Waals surface area contributed by atoms with Crippen LogP contribution in [-0.4, -0.2) is 76.2 Å². The molecule has 1 fully saturated rings. The van der Waals surface area contributed by atoms with Gasteiger partial charge in [-0.05, 0) is 64.7 Å². The van der Waals surface area contributed by atoms with E-state index in [0.29, 0.717) is 42.6 Å². The molecule has 0 saturated heterocycles. The standard InChI is InChI=1S/C28H38N6O5S/c1-26(2,30)17-39-18-27(3,4)40(37,38)28(11-12-28)16-34-13-10-21-22(32-33(5)23(21)25(34)36)24(35)31-15-20-8-6-19(14-29)7-9-20/h6-9H,10-13,15-18,30H2,1-5H3,(H,31,35). The molecule has 2 heterocycles. The van der Waals surface area contributed by atoms with Crippen molar-refractivity contribution < 1.29 is 22.7 Å². The molecule has 40 heavy (non-hydrogen) atoms. The van der Waals surface area contributed by atoms with E-state index in [1.807, 2.05) is 13.8 Å². The van der Waals surface area contributed by atoms with E-state index in [1.165, 1.54) is 4.68 Å². The van der Waals surface area contributed by atoms with E-state index in [-0.39, 0.29) is 37.9 Å². The number of sulfone groups is 1. The lowest BCUT2D eigenvalue weighted by molar-refractivity contribution is 0.0720. The summed E-state index contributed by atoms with van der Waals surface area (Å²) in [5.41, 5.74) is 7.82. The lowest BCUT2D eigenvalue weighted by atomic mass is 10.0. The van der Waals surface area contributed by atoms with E-state index in [2.05, 4.69) is 16.5 Å². The van der Waals surface area contributed by atoms with Crippen molar-refractivity contribution in [1.29, 1.82) is 5.26 Å². The van der Waals surface area contributed by atoms with Gasteiger partial charge in [0, 0.05) is 37.8 Å². The average molecular weight is 571 g/mol. The van der Waals surface area contributed by atoms with Crippen LogP contribution in [0.15, 0.2) is 24.3 Å². The van der Waals surface area contributed by atoms with E-state index in [9.17, 15) is 18.0 Å². The molecule has 4 rings (SSSR count). The number of aryl methyl sites for hydroxylation is 1. The molecule has 0 unspecified atom stereocenters. The third-order valence-electron chi connectivity index (χ3n) is 7.53. The van der Waals surface area contributed by atoms with E-state index in [1.54, 1.807) is 50.1 Å². The maximum Gasteiger partial charge on any atom is 0.272 e. The maximum absolute atomic E-state index is 13.8. The fraction of sp³-hybridized carbons (Fsp3) is 0.571. The Balaban J connectivity index is 1.45. The molecule has 0 radical (unpaired) electrons. The Labute approximate surface area is 235 Å². The quantitative estimate of drug-likeness (QED) is 0.413. The van der Waals surface area contributed by atoms with E-state index in [0.717, 1.165) is 5.56 Å². The van der Waals surface area contributed by atoms with Gasteiger partial charge in [0.25, 0.3) is 11.8 Å². The maximum atomic E-state index is 13.8. The second kappa shape index (κ2) is 10.6. The smallest absolute Gasteiger partial charge is 0.272 e. The van der Waals surface area contributed by atoms with E-state index < -0.39 is 30.8 Å². The Bertz CT molecular complexity index is 1440. The molecule has 11 nitrogen and oxygen atoms in total. The Kier molecular flexibility index (Phi) is 7.88. The molecule has 0 atom stereocenters. The molecular weight excluding hydrogens is 532 g/mol. The summed E-state index contributed by atoms with van der Waals surface area (Å²) >= 11 is 0. The highest BCUT2D eigenvalue weighted by molar-refractivity contribution is 7.94. The number of hydrogen-bond donors (Lipinski definition) is 2. The summed E-state index contributed by atoms with van der Waals surface area (Å²) in [6.07, 6.45) is 1.35. The van der Waals surface area contributed by atoms with Gasteiger partial charge in [-0.3, -0.25) is 14.3 Å². The molecule has 12 heteroatoms. The van der Waals surface area contributed by atoms with Crippen LogP contribution in [0.25, 0.3) is 0 Å². The zero-order valence-corrected chi connectivity index (χ0v) is 24.6. The van der Waals surface area contributed by atoms with Crippen LogP contribution < -0.4 is 11.1 Å². The zero-order valence-electron chi connectivity index (χ0n) is 23.8. The summed E-state index contributed by atoms with van der Waals surface area (Å²) in [5, 5.41) is 16.1. The van der Waals surface area contributed by atoms with Crippen molar-refractivity contribution in [2.45, 2.75) is 68.5 Å². The van der Waals surface area contributed by atoms with Crippen LogP contribution in [0.2, 0.25) is 0 Å². The predicted octanol–water partition coefficient (Wildman–Crippen LogP) is 1.70. The number of nitrogens with zero attached hydrogens (tertiary/aromatic N) is 4. The highest BCUT2D eigenvalue weighted by atomic mass is 32.2. The first-order chi connectivity index (χ1) is 18.6. The van der Waals surface area contributed by atoms with Gasteiger partial charge in [-0.25, -0.2) is 8.42 Å². The first kappa shape index (κ1) is 29.7. The summed E-state index contributed by atoms with van der Waals surface area (Å²) in [6.45, 7) is 7.82. The molecule has 0 bridgehead atoms. The molecule has 2 aromatic rings. The van der Waals surface area contributed by atoms with E-state index >= 15 is 0 Å². The Morgan fingerprint density at radius 3 is 2.42 bits per heavy atom. The summed E-state index contributed by atoms with van der Waals surface area (Å²) in [5.74, 6) is -0.728. The van der Waals surface area contributed by atoms with Crippen LogP contribution in [0, 0.1) is 11.3 Å². The van der Waals surface area contributed by atoms with Crippen LogP contribution in [0.4, 0.5) is 0 Å².